The molecule has 0 radical (unpaired) electrons. The Balaban J connectivity index is 1.64. The zero-order chi connectivity index (χ0) is 20.6. The van der Waals surface area contributed by atoms with Crippen LogP contribution in [0.15, 0.2) is 115 Å². The Bertz CT molecular complexity index is 1030. The second kappa shape index (κ2) is 9.73. The molecule has 1 aliphatic rings. The van der Waals surface area contributed by atoms with Gasteiger partial charge in [0, 0.05) is 31.4 Å². The number of nitriles is 1. The van der Waals surface area contributed by atoms with Crippen molar-refractivity contribution in [3.8, 4) is 6.07 Å². The van der Waals surface area contributed by atoms with Crippen molar-refractivity contribution in [3.63, 3.8) is 0 Å². The molecule has 3 aromatic rings. The summed E-state index contributed by atoms with van der Waals surface area (Å²) in [7, 11) is 0. The van der Waals surface area contributed by atoms with Crippen LogP contribution < -0.4 is 5.32 Å². The minimum absolute atomic E-state index is 0.0709. The lowest BCUT2D eigenvalue weighted by Gasteiger charge is -2.25. The minimum Gasteiger partial charge on any atom is -0.349 e. The zero-order valence-corrected chi connectivity index (χ0v) is 16.9. The average molecular weight is 392 g/mol. The fraction of sp³-hybridized carbons (Fsp3) is 0.148. The van der Waals surface area contributed by atoms with Gasteiger partial charge in [0.15, 0.2) is 0 Å². The van der Waals surface area contributed by atoms with Crippen molar-refractivity contribution in [2.24, 2.45) is 0 Å². The van der Waals surface area contributed by atoms with Gasteiger partial charge >= 0.3 is 0 Å². The van der Waals surface area contributed by atoms with Gasteiger partial charge in [0.2, 0.25) is 0 Å². The lowest BCUT2D eigenvalue weighted by atomic mass is 9.87. The van der Waals surface area contributed by atoms with Crippen LogP contribution in [0, 0.1) is 11.3 Å². The number of rotatable bonds is 6. The minimum atomic E-state index is -0.102. The van der Waals surface area contributed by atoms with Crippen molar-refractivity contribution < 1.29 is 0 Å². The van der Waals surface area contributed by atoms with E-state index in [1.807, 2.05) is 48.7 Å². The number of nitrogens with zero attached hydrogens (tertiary/aromatic N) is 2. The predicted molar refractivity (Wildman–Crippen MR) is 121 cm³/mol. The molecule has 0 spiro atoms. The number of hydrogen-bond acceptors (Lipinski definition) is 3. The highest BCUT2D eigenvalue weighted by Crippen LogP contribution is 2.29. The van der Waals surface area contributed by atoms with E-state index in [4.69, 9.17) is 0 Å². The molecule has 1 aliphatic heterocycles. The van der Waals surface area contributed by atoms with Gasteiger partial charge in [-0.2, -0.15) is 5.26 Å². The normalized spacial score (nSPS) is 18.4. The van der Waals surface area contributed by atoms with Gasteiger partial charge in [0.05, 0.1) is 17.7 Å². The first-order valence-corrected chi connectivity index (χ1v) is 10.3. The Morgan fingerprint density at radius 2 is 1.40 bits per heavy atom. The molecule has 0 aliphatic carbocycles. The second-order valence-electron chi connectivity index (χ2n) is 7.48. The topological polar surface area (TPSA) is 39.1 Å². The van der Waals surface area contributed by atoms with Gasteiger partial charge in [-0.3, -0.25) is 0 Å². The molecule has 3 aromatic carbocycles. The second-order valence-corrected chi connectivity index (χ2v) is 7.48. The van der Waals surface area contributed by atoms with E-state index in [1.165, 1.54) is 16.7 Å². The van der Waals surface area contributed by atoms with E-state index in [9.17, 15) is 5.26 Å². The molecule has 0 bridgehead atoms. The lowest BCUT2D eigenvalue weighted by molar-refractivity contribution is 0.496. The Morgan fingerprint density at radius 3 is 2.03 bits per heavy atom. The standard InChI is InChI=1S/C27H25N3/c28-18-25-21-30(20-23-12-6-2-7-13-23)17-16-26(24-14-8-3-9-15-24)27(25)29-19-22-10-4-1-5-11-22/h1-17,21,26-27,29H,19-20H2/t26-,27-/m1/s1. The molecular formula is C27H25N3. The van der Waals surface area contributed by atoms with Crippen molar-refractivity contribution in [1.29, 1.82) is 5.26 Å². The van der Waals surface area contributed by atoms with Crippen LogP contribution in [0.5, 0.6) is 0 Å². The summed E-state index contributed by atoms with van der Waals surface area (Å²) < 4.78 is 0. The molecule has 0 fully saturated rings. The van der Waals surface area contributed by atoms with Crippen LogP contribution in [-0.2, 0) is 13.1 Å². The fourth-order valence-electron chi connectivity index (χ4n) is 3.84. The van der Waals surface area contributed by atoms with Crippen molar-refractivity contribution in [2.45, 2.75) is 25.0 Å². The Labute approximate surface area is 178 Å². The van der Waals surface area contributed by atoms with Crippen LogP contribution in [0.4, 0.5) is 0 Å². The molecule has 0 saturated heterocycles. The Hall–Kier alpha value is -3.61. The lowest BCUT2D eigenvalue weighted by Crippen LogP contribution is -2.35. The van der Waals surface area contributed by atoms with Gasteiger partial charge in [0.25, 0.3) is 0 Å². The summed E-state index contributed by atoms with van der Waals surface area (Å²) in [6, 6.07) is 33.4. The third-order valence-corrected chi connectivity index (χ3v) is 5.37. The first-order valence-electron chi connectivity index (χ1n) is 10.3. The Morgan fingerprint density at radius 1 is 0.800 bits per heavy atom. The van der Waals surface area contributed by atoms with Gasteiger partial charge in [-0.05, 0) is 16.7 Å². The monoisotopic (exact) mass is 391 g/mol. The van der Waals surface area contributed by atoms with E-state index in [1.54, 1.807) is 0 Å². The van der Waals surface area contributed by atoms with E-state index < -0.39 is 0 Å². The van der Waals surface area contributed by atoms with Crippen LogP contribution in [0.1, 0.15) is 22.6 Å². The quantitative estimate of drug-likeness (QED) is 0.614. The molecular weight excluding hydrogens is 366 g/mol. The van der Waals surface area contributed by atoms with E-state index in [0.717, 1.165) is 12.1 Å². The summed E-state index contributed by atoms with van der Waals surface area (Å²) in [4.78, 5) is 2.11. The average Bonchev–Trinajstić information content (AvgIpc) is 2.98. The van der Waals surface area contributed by atoms with Crippen molar-refractivity contribution in [2.75, 3.05) is 0 Å². The fourth-order valence-corrected chi connectivity index (χ4v) is 3.84. The third kappa shape index (κ3) is 4.86. The molecule has 1 heterocycles. The van der Waals surface area contributed by atoms with Crippen LogP contribution in [0.3, 0.4) is 0 Å². The first-order chi connectivity index (χ1) is 14.8. The maximum atomic E-state index is 10.0. The summed E-state index contributed by atoms with van der Waals surface area (Å²) in [5.41, 5.74) is 4.35. The summed E-state index contributed by atoms with van der Waals surface area (Å²) in [5.74, 6) is 0.0709. The molecule has 0 saturated carbocycles. The maximum Gasteiger partial charge on any atom is 0.0979 e. The smallest absolute Gasteiger partial charge is 0.0979 e. The largest absolute Gasteiger partial charge is 0.349 e. The van der Waals surface area contributed by atoms with E-state index >= 15 is 0 Å². The van der Waals surface area contributed by atoms with E-state index in [-0.39, 0.29) is 12.0 Å². The molecule has 0 aromatic heterocycles. The number of hydrogen-bond donors (Lipinski definition) is 1. The summed E-state index contributed by atoms with van der Waals surface area (Å²) in [6.07, 6.45) is 6.29. The van der Waals surface area contributed by atoms with E-state index in [2.05, 4.69) is 77.1 Å². The van der Waals surface area contributed by atoms with Crippen LogP contribution in [-0.4, -0.2) is 10.9 Å². The molecule has 2 atom stereocenters. The molecule has 1 N–H and O–H groups in total. The van der Waals surface area contributed by atoms with Crippen LogP contribution in [0.2, 0.25) is 0 Å². The molecule has 0 unspecified atom stereocenters. The number of benzene rings is 3. The van der Waals surface area contributed by atoms with Crippen molar-refractivity contribution in [3.05, 3.63) is 132 Å². The van der Waals surface area contributed by atoms with Gasteiger partial charge in [0.1, 0.15) is 0 Å². The van der Waals surface area contributed by atoms with E-state index in [0.29, 0.717) is 6.54 Å². The highest BCUT2D eigenvalue weighted by Gasteiger charge is 2.27. The van der Waals surface area contributed by atoms with Gasteiger partial charge in [-0.1, -0.05) is 97.1 Å². The van der Waals surface area contributed by atoms with Crippen molar-refractivity contribution in [1.82, 2.24) is 10.2 Å². The highest BCUT2D eigenvalue weighted by molar-refractivity contribution is 5.39. The predicted octanol–water partition coefficient (Wildman–Crippen LogP) is 5.37. The molecule has 0 amide bonds. The molecule has 3 nitrogen and oxygen atoms in total. The van der Waals surface area contributed by atoms with Gasteiger partial charge in [-0.25, -0.2) is 0 Å². The summed E-state index contributed by atoms with van der Waals surface area (Å²) in [5, 5.41) is 13.7. The Kier molecular flexibility index (Phi) is 6.39. The van der Waals surface area contributed by atoms with Gasteiger partial charge < -0.3 is 10.2 Å². The maximum absolute atomic E-state index is 10.0. The summed E-state index contributed by atoms with van der Waals surface area (Å²) >= 11 is 0. The summed E-state index contributed by atoms with van der Waals surface area (Å²) in [6.45, 7) is 1.44. The molecule has 30 heavy (non-hydrogen) atoms. The number of nitrogens with one attached hydrogen (secondary N) is 1. The first kappa shape index (κ1) is 19.7. The van der Waals surface area contributed by atoms with Crippen molar-refractivity contribution >= 4 is 0 Å². The highest BCUT2D eigenvalue weighted by atomic mass is 15.1. The zero-order valence-electron chi connectivity index (χ0n) is 16.9. The molecule has 3 heteroatoms. The van der Waals surface area contributed by atoms with Gasteiger partial charge in [-0.15, -0.1) is 0 Å². The molecule has 4 rings (SSSR count). The third-order valence-electron chi connectivity index (χ3n) is 5.37. The van der Waals surface area contributed by atoms with Crippen LogP contribution in [0.25, 0.3) is 0 Å². The SMILES string of the molecule is N#CC1=CN(Cc2ccccc2)C=C[C@H](c2ccccc2)[C@@H]1NCc1ccccc1. The molecule has 148 valence electrons. The van der Waals surface area contributed by atoms with Crippen LogP contribution >= 0.6 is 0 Å².